The summed E-state index contributed by atoms with van der Waals surface area (Å²) in [7, 11) is 0. The molecule has 1 unspecified atom stereocenters. The summed E-state index contributed by atoms with van der Waals surface area (Å²) in [6.45, 7) is 6.95. The minimum absolute atomic E-state index is 0.283. The Balaban J connectivity index is 1.96. The maximum Gasteiger partial charge on any atom is 0.342 e. The Labute approximate surface area is 110 Å². The van der Waals surface area contributed by atoms with E-state index in [0.717, 1.165) is 32.7 Å². The van der Waals surface area contributed by atoms with Gasteiger partial charge >= 0.3 is 5.69 Å². The van der Waals surface area contributed by atoms with E-state index < -0.39 is 11.2 Å². The highest BCUT2D eigenvalue weighted by molar-refractivity contribution is 5.34. The van der Waals surface area contributed by atoms with Crippen LogP contribution >= 0.6 is 0 Å². The molecule has 1 aromatic rings. The zero-order valence-electron chi connectivity index (χ0n) is 11.1. The van der Waals surface area contributed by atoms with Crippen LogP contribution in [0, 0.1) is 5.92 Å². The number of H-pyrrole nitrogens is 2. The van der Waals surface area contributed by atoms with Gasteiger partial charge in [0.05, 0.1) is 0 Å². The van der Waals surface area contributed by atoms with Crippen molar-refractivity contribution in [2.24, 2.45) is 11.7 Å². The van der Waals surface area contributed by atoms with E-state index in [9.17, 15) is 9.59 Å². The van der Waals surface area contributed by atoms with Gasteiger partial charge < -0.3 is 10.6 Å². The van der Waals surface area contributed by atoms with Gasteiger partial charge in [-0.05, 0) is 12.5 Å². The van der Waals surface area contributed by atoms with E-state index >= 15 is 0 Å². The Morgan fingerprint density at radius 1 is 1.32 bits per heavy atom. The lowest BCUT2D eigenvalue weighted by Crippen LogP contribution is -2.50. The first-order valence-corrected chi connectivity index (χ1v) is 6.46. The molecule has 1 saturated heterocycles. The lowest BCUT2D eigenvalue weighted by Gasteiger charge is -2.35. The minimum Gasteiger partial charge on any atom is -0.348 e. The fourth-order valence-corrected chi connectivity index (χ4v) is 2.21. The number of aromatic amines is 2. The van der Waals surface area contributed by atoms with Gasteiger partial charge in [-0.1, -0.05) is 6.92 Å². The van der Waals surface area contributed by atoms with Gasteiger partial charge in [0.15, 0.2) is 0 Å². The van der Waals surface area contributed by atoms with Gasteiger partial charge in [-0.2, -0.15) is 0 Å². The number of hydrogen-bond acceptors (Lipinski definition) is 6. The first kappa shape index (κ1) is 13.8. The van der Waals surface area contributed by atoms with Crippen molar-refractivity contribution in [3.05, 3.63) is 20.8 Å². The van der Waals surface area contributed by atoms with E-state index in [-0.39, 0.29) is 5.82 Å². The van der Waals surface area contributed by atoms with Crippen LogP contribution in [0.4, 0.5) is 5.82 Å². The maximum atomic E-state index is 11.6. The van der Waals surface area contributed by atoms with Gasteiger partial charge in [-0.3, -0.25) is 14.7 Å². The van der Waals surface area contributed by atoms with E-state index in [1.807, 2.05) is 4.90 Å². The van der Waals surface area contributed by atoms with Gasteiger partial charge in [-0.15, -0.1) is 5.10 Å². The van der Waals surface area contributed by atoms with Crippen molar-refractivity contribution in [1.82, 2.24) is 20.1 Å². The highest BCUT2D eigenvalue weighted by Crippen LogP contribution is 2.08. The summed E-state index contributed by atoms with van der Waals surface area (Å²) in [5.74, 6) is 0.757. The first-order chi connectivity index (χ1) is 9.10. The van der Waals surface area contributed by atoms with E-state index in [1.54, 1.807) is 0 Å². The monoisotopic (exact) mass is 268 g/mol. The van der Waals surface area contributed by atoms with Crippen LogP contribution in [0.2, 0.25) is 0 Å². The van der Waals surface area contributed by atoms with Crippen LogP contribution in [0.25, 0.3) is 0 Å². The average Bonchev–Trinajstić information content (AvgIpc) is 2.40. The quantitative estimate of drug-likeness (QED) is 0.592. The van der Waals surface area contributed by atoms with Crippen LogP contribution in [-0.2, 0) is 0 Å². The Morgan fingerprint density at radius 3 is 2.58 bits per heavy atom. The van der Waals surface area contributed by atoms with Gasteiger partial charge in [0.1, 0.15) is 0 Å². The van der Waals surface area contributed by atoms with Crippen LogP contribution in [0.5, 0.6) is 0 Å². The molecule has 0 aromatic carbocycles. The van der Waals surface area contributed by atoms with Crippen LogP contribution in [0.1, 0.15) is 6.92 Å². The number of piperazine rings is 1. The first-order valence-electron chi connectivity index (χ1n) is 6.46. The van der Waals surface area contributed by atoms with Crippen molar-refractivity contribution in [1.29, 1.82) is 0 Å². The van der Waals surface area contributed by atoms with Crippen molar-refractivity contribution in [3.8, 4) is 0 Å². The van der Waals surface area contributed by atoms with Crippen LogP contribution in [-0.4, -0.2) is 59.3 Å². The third-order valence-electron chi connectivity index (χ3n) is 3.34. The van der Waals surface area contributed by atoms with Crippen molar-refractivity contribution in [2.45, 2.75) is 6.92 Å². The summed E-state index contributed by atoms with van der Waals surface area (Å²) in [6, 6.07) is 0. The fraction of sp³-hybridized carbons (Fsp3) is 0.727. The molecule has 1 fully saturated rings. The number of aromatic nitrogens is 3. The molecule has 1 aliphatic heterocycles. The molecule has 0 bridgehead atoms. The minimum atomic E-state index is -0.579. The molecule has 8 heteroatoms. The topological polar surface area (TPSA) is 111 Å². The van der Waals surface area contributed by atoms with Gasteiger partial charge in [0, 0.05) is 32.7 Å². The second kappa shape index (κ2) is 5.98. The second-order valence-corrected chi connectivity index (χ2v) is 4.96. The molecule has 0 radical (unpaired) electrons. The van der Waals surface area contributed by atoms with Gasteiger partial charge in [0.25, 0.3) is 5.56 Å². The highest BCUT2D eigenvalue weighted by Gasteiger charge is 2.21. The number of anilines is 1. The molecule has 1 atom stereocenters. The zero-order valence-corrected chi connectivity index (χ0v) is 11.1. The van der Waals surface area contributed by atoms with Crippen molar-refractivity contribution in [3.63, 3.8) is 0 Å². The average molecular weight is 268 g/mol. The lowest BCUT2D eigenvalue weighted by molar-refractivity contribution is 0.226. The number of hydrogen-bond donors (Lipinski definition) is 3. The standard InChI is InChI=1S/C11H20N6O2/c1-8(6-12)7-16-2-4-17(5-3-16)9-10(18)13-11(19)15-14-9/h8H,2-7,12H2,1H3,(H2,13,15,18,19). The zero-order chi connectivity index (χ0) is 13.8. The van der Waals surface area contributed by atoms with E-state index in [1.165, 1.54) is 0 Å². The Morgan fingerprint density at radius 2 is 2.00 bits per heavy atom. The lowest BCUT2D eigenvalue weighted by atomic mass is 10.1. The maximum absolute atomic E-state index is 11.6. The molecule has 4 N–H and O–H groups in total. The highest BCUT2D eigenvalue weighted by atomic mass is 16.2. The summed E-state index contributed by atoms with van der Waals surface area (Å²) in [6.07, 6.45) is 0. The van der Waals surface area contributed by atoms with E-state index in [0.29, 0.717) is 12.5 Å². The molecule has 8 nitrogen and oxygen atoms in total. The molecule has 0 spiro atoms. The summed E-state index contributed by atoms with van der Waals surface area (Å²) >= 11 is 0. The molecule has 0 aliphatic carbocycles. The Hall–Kier alpha value is -1.67. The van der Waals surface area contributed by atoms with Crippen LogP contribution in [0.15, 0.2) is 9.59 Å². The molecular formula is C11H20N6O2. The predicted octanol–water partition coefficient (Wildman–Crippen LogP) is -1.82. The number of nitrogens with one attached hydrogen (secondary N) is 2. The Bertz CT molecular complexity index is 516. The van der Waals surface area contributed by atoms with E-state index in [2.05, 4.69) is 27.0 Å². The van der Waals surface area contributed by atoms with Gasteiger partial charge in [-0.25, -0.2) is 9.89 Å². The smallest absolute Gasteiger partial charge is 0.342 e. The summed E-state index contributed by atoms with van der Waals surface area (Å²) in [4.78, 5) is 29.0. The summed E-state index contributed by atoms with van der Waals surface area (Å²) < 4.78 is 0. The normalized spacial score (nSPS) is 18.5. The summed E-state index contributed by atoms with van der Waals surface area (Å²) in [5.41, 5.74) is 4.60. The molecule has 2 heterocycles. The van der Waals surface area contributed by atoms with Crippen LogP contribution < -0.4 is 21.9 Å². The molecule has 19 heavy (non-hydrogen) atoms. The summed E-state index contributed by atoms with van der Waals surface area (Å²) in [5, 5.41) is 6.07. The fourth-order valence-electron chi connectivity index (χ4n) is 2.21. The molecule has 1 aliphatic rings. The van der Waals surface area contributed by atoms with E-state index in [4.69, 9.17) is 5.73 Å². The third-order valence-corrected chi connectivity index (χ3v) is 3.34. The van der Waals surface area contributed by atoms with Crippen LogP contribution in [0.3, 0.4) is 0 Å². The molecule has 0 saturated carbocycles. The SMILES string of the molecule is CC(CN)CN1CCN(c2n[nH]c(=O)[nH]c2=O)CC1. The molecular weight excluding hydrogens is 248 g/mol. The molecule has 0 amide bonds. The van der Waals surface area contributed by atoms with Crippen molar-refractivity contribution in [2.75, 3.05) is 44.2 Å². The third kappa shape index (κ3) is 3.42. The molecule has 1 aromatic heterocycles. The second-order valence-electron chi connectivity index (χ2n) is 4.96. The number of nitrogens with two attached hydrogens (primary N) is 1. The number of rotatable bonds is 4. The Kier molecular flexibility index (Phi) is 4.33. The number of nitrogens with zero attached hydrogens (tertiary/aromatic N) is 3. The van der Waals surface area contributed by atoms with Crippen molar-refractivity contribution < 1.29 is 0 Å². The molecule has 2 rings (SSSR count). The molecule has 106 valence electrons. The largest absolute Gasteiger partial charge is 0.348 e. The van der Waals surface area contributed by atoms with Gasteiger partial charge in [0.2, 0.25) is 5.82 Å². The predicted molar refractivity (Wildman–Crippen MR) is 72.3 cm³/mol. The van der Waals surface area contributed by atoms with Crippen molar-refractivity contribution >= 4 is 5.82 Å².